The van der Waals surface area contributed by atoms with Crippen molar-refractivity contribution < 1.29 is 18.4 Å². The Labute approximate surface area is 161 Å². The van der Waals surface area contributed by atoms with Crippen LogP contribution in [0.4, 0.5) is 9.18 Å². The monoisotopic (exact) mass is 391 g/mol. The number of hydrogen-bond acceptors (Lipinski definition) is 5. The highest BCUT2D eigenvalue weighted by Crippen LogP contribution is 2.26. The van der Waals surface area contributed by atoms with Crippen molar-refractivity contribution in [1.82, 2.24) is 15.6 Å². The van der Waals surface area contributed by atoms with Crippen LogP contribution in [0.25, 0.3) is 11.3 Å². The largest absolute Gasteiger partial charge is 0.431 e. The zero-order chi connectivity index (χ0) is 19.2. The number of amides is 3. The van der Waals surface area contributed by atoms with Gasteiger partial charge in [-0.1, -0.05) is 31.5 Å². The first-order valence-electron chi connectivity index (χ1n) is 8.96. The second kappa shape index (κ2) is 9.03. The lowest BCUT2D eigenvalue weighted by Gasteiger charge is -2.29. The van der Waals surface area contributed by atoms with Crippen LogP contribution in [0.5, 0.6) is 0 Å². The smallest absolute Gasteiger partial charge is 0.321 e. The third-order valence-corrected chi connectivity index (χ3v) is 5.46. The quantitative estimate of drug-likeness (QED) is 0.753. The molecule has 6 nitrogen and oxygen atoms in total. The molecule has 1 saturated carbocycles. The highest BCUT2D eigenvalue weighted by Gasteiger charge is 2.23. The Morgan fingerprint density at radius 1 is 1.26 bits per heavy atom. The van der Waals surface area contributed by atoms with Crippen molar-refractivity contribution in [2.75, 3.05) is 5.75 Å². The summed E-state index contributed by atoms with van der Waals surface area (Å²) in [6.07, 6.45) is 5.84. The predicted molar refractivity (Wildman–Crippen MR) is 101 cm³/mol. The van der Waals surface area contributed by atoms with E-state index in [4.69, 9.17) is 4.42 Å². The van der Waals surface area contributed by atoms with Gasteiger partial charge in [-0.15, -0.1) is 0 Å². The van der Waals surface area contributed by atoms with Gasteiger partial charge in [0.2, 0.25) is 5.91 Å². The minimum Gasteiger partial charge on any atom is -0.431 e. The maximum atomic E-state index is 13.0. The molecule has 1 aromatic heterocycles. The number of nitrogens with zero attached hydrogens (tertiary/aromatic N) is 1. The van der Waals surface area contributed by atoms with Crippen molar-refractivity contribution in [3.63, 3.8) is 0 Å². The third-order valence-electron chi connectivity index (χ3n) is 4.62. The van der Waals surface area contributed by atoms with Gasteiger partial charge in [-0.25, -0.2) is 14.2 Å². The van der Waals surface area contributed by atoms with Crippen LogP contribution in [0.15, 0.2) is 40.1 Å². The molecule has 0 radical (unpaired) electrons. The zero-order valence-electron chi connectivity index (χ0n) is 15.0. The molecule has 0 spiro atoms. The Balaban J connectivity index is 1.45. The summed E-state index contributed by atoms with van der Waals surface area (Å²) in [5.74, 6) is 0.179. The molecule has 2 atom stereocenters. The number of halogens is 1. The van der Waals surface area contributed by atoms with Crippen molar-refractivity contribution >= 4 is 23.7 Å². The van der Waals surface area contributed by atoms with Crippen LogP contribution in [-0.2, 0) is 4.79 Å². The van der Waals surface area contributed by atoms with Crippen molar-refractivity contribution in [2.45, 2.75) is 43.9 Å². The number of carbonyl (C=O) groups is 2. The van der Waals surface area contributed by atoms with E-state index in [0.717, 1.165) is 31.0 Å². The third kappa shape index (κ3) is 5.56. The lowest BCUT2D eigenvalue weighted by molar-refractivity contribution is -0.117. The van der Waals surface area contributed by atoms with Crippen molar-refractivity contribution in [3.05, 3.63) is 36.3 Å². The predicted octanol–water partition coefficient (Wildman–Crippen LogP) is 3.98. The maximum absolute atomic E-state index is 13.0. The van der Waals surface area contributed by atoms with Crippen molar-refractivity contribution in [3.8, 4) is 11.3 Å². The summed E-state index contributed by atoms with van der Waals surface area (Å²) in [7, 11) is 0. The fourth-order valence-electron chi connectivity index (χ4n) is 3.10. The summed E-state index contributed by atoms with van der Waals surface area (Å²) in [4.78, 5) is 28.0. The Morgan fingerprint density at radius 2 is 2.00 bits per heavy atom. The number of oxazole rings is 1. The lowest BCUT2D eigenvalue weighted by Crippen LogP contribution is -2.48. The summed E-state index contributed by atoms with van der Waals surface area (Å²) >= 11 is 1.09. The Morgan fingerprint density at radius 3 is 2.74 bits per heavy atom. The average molecular weight is 391 g/mol. The fourth-order valence-corrected chi connectivity index (χ4v) is 3.70. The molecule has 0 aliphatic heterocycles. The van der Waals surface area contributed by atoms with Crippen LogP contribution >= 0.6 is 11.8 Å². The summed E-state index contributed by atoms with van der Waals surface area (Å²) in [5, 5.41) is 5.53. The average Bonchev–Trinajstić information content (AvgIpc) is 3.11. The number of hydrogen-bond donors (Lipinski definition) is 2. The van der Waals surface area contributed by atoms with E-state index >= 15 is 0 Å². The number of rotatable bonds is 5. The Kier molecular flexibility index (Phi) is 6.49. The van der Waals surface area contributed by atoms with Crippen LogP contribution in [0, 0.1) is 11.7 Å². The number of nitrogens with one attached hydrogen (secondary N) is 2. The Hall–Kier alpha value is -2.35. The topological polar surface area (TPSA) is 84.2 Å². The minimum atomic E-state index is -0.459. The molecule has 1 aromatic carbocycles. The first-order valence-corrected chi connectivity index (χ1v) is 9.95. The molecule has 2 N–H and O–H groups in total. The first-order chi connectivity index (χ1) is 13.0. The van der Waals surface area contributed by atoms with E-state index in [9.17, 15) is 14.0 Å². The molecule has 3 amide bonds. The number of urea groups is 1. The molecule has 8 heteroatoms. The van der Waals surface area contributed by atoms with E-state index in [1.807, 2.05) is 0 Å². The molecule has 1 aliphatic rings. The highest BCUT2D eigenvalue weighted by molar-refractivity contribution is 7.99. The molecule has 1 aliphatic carbocycles. The van der Waals surface area contributed by atoms with Gasteiger partial charge < -0.3 is 9.73 Å². The molecule has 144 valence electrons. The van der Waals surface area contributed by atoms with Gasteiger partial charge in [0.15, 0.2) is 5.76 Å². The van der Waals surface area contributed by atoms with Crippen molar-refractivity contribution in [1.29, 1.82) is 0 Å². The van der Waals surface area contributed by atoms with Gasteiger partial charge in [0.05, 0.1) is 11.9 Å². The number of aromatic nitrogens is 1. The molecule has 2 aromatic rings. The fraction of sp³-hybridized carbons (Fsp3) is 0.421. The van der Waals surface area contributed by atoms with Crippen LogP contribution in [0.2, 0.25) is 0 Å². The minimum absolute atomic E-state index is 0.0109. The SMILES string of the molecule is C[C@H]1CCCC[C@@H]1NC(=O)NC(=O)CSc1ncc(-c2ccc(F)cc2)o1. The number of carbonyl (C=O) groups excluding carboxylic acids is 2. The number of imide groups is 1. The summed E-state index contributed by atoms with van der Waals surface area (Å²) in [6, 6.07) is 5.51. The molecule has 27 heavy (non-hydrogen) atoms. The first kappa shape index (κ1) is 19.4. The molecular formula is C19H22FN3O3S. The van der Waals surface area contributed by atoms with Gasteiger partial charge in [-0.3, -0.25) is 10.1 Å². The van der Waals surface area contributed by atoms with Crippen LogP contribution in [0.1, 0.15) is 32.6 Å². The van der Waals surface area contributed by atoms with Crippen LogP contribution in [-0.4, -0.2) is 28.7 Å². The molecular weight excluding hydrogens is 369 g/mol. The van der Waals surface area contributed by atoms with Gasteiger partial charge in [0.25, 0.3) is 5.22 Å². The standard InChI is InChI=1S/C19H22FN3O3S/c1-12-4-2-3-5-15(12)22-18(25)23-17(24)11-27-19-21-10-16(26-19)13-6-8-14(20)9-7-13/h6-10,12,15H,2-5,11H2,1H3,(H2,22,23,24,25)/t12-,15-/m0/s1. The van der Waals surface area contributed by atoms with Crippen LogP contribution in [0.3, 0.4) is 0 Å². The summed E-state index contributed by atoms with van der Waals surface area (Å²) < 4.78 is 18.5. The number of benzene rings is 1. The molecule has 3 rings (SSSR count). The second-order valence-electron chi connectivity index (χ2n) is 6.68. The van der Waals surface area contributed by atoms with Gasteiger partial charge in [0.1, 0.15) is 5.82 Å². The van der Waals surface area contributed by atoms with E-state index < -0.39 is 11.9 Å². The van der Waals surface area contributed by atoms with Crippen molar-refractivity contribution in [2.24, 2.45) is 5.92 Å². The van der Waals surface area contributed by atoms with Gasteiger partial charge in [-0.05, 0) is 43.0 Å². The van der Waals surface area contributed by atoms with E-state index in [1.165, 1.54) is 24.8 Å². The van der Waals surface area contributed by atoms with Gasteiger partial charge in [0, 0.05) is 11.6 Å². The molecule has 1 fully saturated rings. The summed E-state index contributed by atoms with van der Waals surface area (Å²) in [5.41, 5.74) is 0.696. The summed E-state index contributed by atoms with van der Waals surface area (Å²) in [6.45, 7) is 2.11. The maximum Gasteiger partial charge on any atom is 0.321 e. The molecule has 0 unspecified atom stereocenters. The highest BCUT2D eigenvalue weighted by atomic mass is 32.2. The normalized spacial score (nSPS) is 19.5. The molecule has 0 bridgehead atoms. The van der Waals surface area contributed by atoms with Gasteiger partial charge >= 0.3 is 6.03 Å². The van der Waals surface area contributed by atoms with E-state index in [2.05, 4.69) is 22.5 Å². The lowest BCUT2D eigenvalue weighted by atomic mass is 9.86. The van der Waals surface area contributed by atoms with Gasteiger partial charge in [-0.2, -0.15) is 0 Å². The van der Waals surface area contributed by atoms with E-state index in [0.29, 0.717) is 22.5 Å². The second-order valence-corrected chi connectivity index (χ2v) is 7.60. The molecule has 1 heterocycles. The Bertz CT molecular complexity index is 794. The van der Waals surface area contributed by atoms with Crippen LogP contribution < -0.4 is 10.6 Å². The molecule has 0 saturated heterocycles. The number of thioether (sulfide) groups is 1. The van der Waals surface area contributed by atoms with E-state index in [1.54, 1.807) is 12.1 Å². The zero-order valence-corrected chi connectivity index (χ0v) is 15.9. The van der Waals surface area contributed by atoms with E-state index in [-0.39, 0.29) is 17.6 Å².